The molecule has 0 spiro atoms. The van der Waals surface area contributed by atoms with E-state index >= 15 is 0 Å². The number of ether oxygens (including phenoxy) is 4. The van der Waals surface area contributed by atoms with Gasteiger partial charge in [0.1, 0.15) is 0 Å². The molecule has 2 aromatic carbocycles. The van der Waals surface area contributed by atoms with Gasteiger partial charge in [-0.15, -0.1) is 6.58 Å². The minimum Gasteiger partial charge on any atom is -0.487 e. The Balaban J connectivity index is 1.81. The number of unbranched alkanes of at least 4 members (excludes halogenated alkanes) is 3. The lowest BCUT2D eigenvalue weighted by Gasteiger charge is -2.40. The average molecular weight is 569 g/mol. The lowest BCUT2D eigenvalue weighted by Crippen LogP contribution is -2.46. The van der Waals surface area contributed by atoms with Crippen molar-refractivity contribution < 1.29 is 54.1 Å². The van der Waals surface area contributed by atoms with E-state index in [4.69, 9.17) is 18.9 Å². The molecule has 216 valence electrons. The second kappa shape index (κ2) is 13.5. The Morgan fingerprint density at radius 3 is 1.56 bits per heavy atom. The van der Waals surface area contributed by atoms with E-state index in [-0.39, 0.29) is 32.8 Å². The second-order valence-electron chi connectivity index (χ2n) is 9.18. The Morgan fingerprint density at radius 2 is 1.15 bits per heavy atom. The topological polar surface area (TPSA) is 36.9 Å². The van der Waals surface area contributed by atoms with Crippen molar-refractivity contribution in [1.29, 1.82) is 0 Å². The highest BCUT2D eigenvalue weighted by molar-refractivity contribution is 5.69. The molecule has 0 radical (unpaired) electrons. The zero-order valence-corrected chi connectivity index (χ0v) is 21.2. The predicted molar refractivity (Wildman–Crippen MR) is 126 cm³/mol. The molecule has 1 fully saturated rings. The Bertz CT molecular complexity index is 1120. The standard InChI is InChI=1S/C27H28F8O4/c1-3-9-36-10-7-5-6-8-11-38-25-21(32)17(28)15(18(29)22(25)33)16-19(30)23(34)26(24(35)20(16)31)39-14-27(4-2)12-37-13-27/h3H,1,4-14H2,2H3. The summed E-state index contributed by atoms with van der Waals surface area (Å²) in [7, 11) is 0. The third-order valence-electron chi connectivity index (χ3n) is 6.45. The summed E-state index contributed by atoms with van der Waals surface area (Å²) in [5.74, 6) is -20.6. The van der Waals surface area contributed by atoms with Crippen LogP contribution in [0.2, 0.25) is 0 Å². The second-order valence-corrected chi connectivity index (χ2v) is 9.18. The van der Waals surface area contributed by atoms with E-state index in [9.17, 15) is 35.1 Å². The Morgan fingerprint density at radius 1 is 0.692 bits per heavy atom. The monoisotopic (exact) mass is 568 g/mol. The van der Waals surface area contributed by atoms with E-state index in [1.165, 1.54) is 0 Å². The Hall–Kier alpha value is -2.86. The molecule has 1 aliphatic heterocycles. The quantitative estimate of drug-likeness (QED) is 0.0971. The minimum absolute atomic E-state index is 0.185. The molecule has 0 amide bonds. The normalized spacial score (nSPS) is 14.3. The maximum absolute atomic E-state index is 14.8. The lowest BCUT2D eigenvalue weighted by atomic mass is 9.84. The Labute approximate surface area is 220 Å². The Kier molecular flexibility index (Phi) is 10.6. The number of rotatable bonds is 15. The van der Waals surface area contributed by atoms with Crippen LogP contribution in [0.3, 0.4) is 0 Å². The number of benzene rings is 2. The van der Waals surface area contributed by atoms with Crippen molar-refractivity contribution >= 4 is 0 Å². The molecule has 12 heteroatoms. The van der Waals surface area contributed by atoms with Gasteiger partial charge >= 0.3 is 0 Å². The molecule has 1 aliphatic rings. The number of halogens is 8. The highest BCUT2D eigenvalue weighted by Crippen LogP contribution is 2.42. The van der Waals surface area contributed by atoms with Crippen LogP contribution in [-0.4, -0.2) is 39.6 Å². The van der Waals surface area contributed by atoms with Gasteiger partial charge in [-0.2, -0.15) is 17.6 Å². The lowest BCUT2D eigenvalue weighted by molar-refractivity contribution is -0.134. The average Bonchev–Trinajstić information content (AvgIpc) is 2.90. The van der Waals surface area contributed by atoms with Crippen molar-refractivity contribution in [2.75, 3.05) is 39.6 Å². The van der Waals surface area contributed by atoms with Crippen LogP contribution in [0.4, 0.5) is 35.1 Å². The van der Waals surface area contributed by atoms with Gasteiger partial charge in [-0.05, 0) is 25.7 Å². The van der Waals surface area contributed by atoms with Crippen LogP contribution in [0.25, 0.3) is 11.1 Å². The van der Waals surface area contributed by atoms with E-state index in [1.54, 1.807) is 13.0 Å². The van der Waals surface area contributed by atoms with E-state index in [1.807, 2.05) is 0 Å². The molecule has 3 rings (SSSR count). The first-order valence-corrected chi connectivity index (χ1v) is 12.3. The zero-order valence-electron chi connectivity index (χ0n) is 21.2. The van der Waals surface area contributed by atoms with E-state index in [0.29, 0.717) is 38.9 Å². The number of hydrogen-bond donors (Lipinski definition) is 0. The molecule has 39 heavy (non-hydrogen) atoms. The van der Waals surface area contributed by atoms with Crippen LogP contribution in [0.1, 0.15) is 39.0 Å². The van der Waals surface area contributed by atoms with E-state index < -0.39 is 74.6 Å². The van der Waals surface area contributed by atoms with Crippen LogP contribution in [0.15, 0.2) is 12.7 Å². The maximum atomic E-state index is 14.8. The summed E-state index contributed by atoms with van der Waals surface area (Å²) in [6.07, 6.45) is 4.23. The predicted octanol–water partition coefficient (Wildman–Crippen LogP) is 7.41. The zero-order chi connectivity index (χ0) is 28.7. The van der Waals surface area contributed by atoms with Crippen molar-refractivity contribution in [1.82, 2.24) is 0 Å². The highest BCUT2D eigenvalue weighted by Gasteiger charge is 2.40. The van der Waals surface area contributed by atoms with Crippen LogP contribution in [-0.2, 0) is 9.47 Å². The largest absolute Gasteiger partial charge is 0.487 e. The van der Waals surface area contributed by atoms with Gasteiger partial charge in [-0.1, -0.05) is 19.4 Å². The van der Waals surface area contributed by atoms with Gasteiger partial charge in [0, 0.05) is 6.61 Å². The molecule has 0 unspecified atom stereocenters. The molecule has 4 nitrogen and oxygen atoms in total. The summed E-state index contributed by atoms with van der Waals surface area (Å²) in [6, 6.07) is 0. The molecule has 0 aromatic heterocycles. The fourth-order valence-corrected chi connectivity index (χ4v) is 3.92. The third kappa shape index (κ3) is 6.49. The van der Waals surface area contributed by atoms with Crippen molar-refractivity contribution in [3.8, 4) is 22.6 Å². The van der Waals surface area contributed by atoms with Crippen molar-refractivity contribution in [3.63, 3.8) is 0 Å². The molecule has 0 aliphatic carbocycles. The summed E-state index contributed by atoms with van der Waals surface area (Å²) >= 11 is 0. The molecular weight excluding hydrogens is 540 g/mol. The molecule has 1 saturated heterocycles. The molecule has 0 saturated carbocycles. The first-order valence-electron chi connectivity index (χ1n) is 12.3. The summed E-state index contributed by atoms with van der Waals surface area (Å²) < 4.78 is 138. The van der Waals surface area contributed by atoms with Gasteiger partial charge in [0.15, 0.2) is 34.8 Å². The smallest absolute Gasteiger partial charge is 0.204 e. The molecule has 0 bridgehead atoms. The van der Waals surface area contributed by atoms with Crippen molar-refractivity contribution in [3.05, 3.63) is 59.2 Å². The van der Waals surface area contributed by atoms with Gasteiger partial charge in [-0.25, -0.2) is 17.6 Å². The molecule has 0 atom stereocenters. The fraction of sp³-hybridized carbons (Fsp3) is 0.481. The van der Waals surface area contributed by atoms with Crippen molar-refractivity contribution in [2.24, 2.45) is 5.41 Å². The van der Waals surface area contributed by atoms with Gasteiger partial charge in [0.2, 0.25) is 23.3 Å². The van der Waals surface area contributed by atoms with Crippen molar-refractivity contribution in [2.45, 2.75) is 39.0 Å². The van der Waals surface area contributed by atoms with Crippen LogP contribution < -0.4 is 9.47 Å². The SMILES string of the molecule is C=CCOCCCCCCOc1c(F)c(F)c(-c2c(F)c(F)c(OCC3(CC)COC3)c(F)c2F)c(F)c1F. The summed E-state index contributed by atoms with van der Waals surface area (Å²) in [5, 5.41) is 0. The maximum Gasteiger partial charge on any atom is 0.204 e. The highest BCUT2D eigenvalue weighted by atomic mass is 19.2. The molecule has 2 aromatic rings. The van der Waals surface area contributed by atoms with Gasteiger partial charge < -0.3 is 18.9 Å². The van der Waals surface area contributed by atoms with Crippen LogP contribution in [0.5, 0.6) is 11.5 Å². The summed E-state index contributed by atoms with van der Waals surface area (Å²) in [6.45, 7) is 5.79. The minimum atomic E-state index is -2.29. The van der Waals surface area contributed by atoms with Crippen LogP contribution in [0, 0.1) is 52.0 Å². The molecular formula is C27H28F8O4. The van der Waals surface area contributed by atoms with E-state index in [2.05, 4.69) is 6.58 Å². The third-order valence-corrected chi connectivity index (χ3v) is 6.45. The first kappa shape index (κ1) is 30.7. The van der Waals surface area contributed by atoms with Gasteiger partial charge in [0.25, 0.3) is 0 Å². The van der Waals surface area contributed by atoms with Gasteiger partial charge in [0.05, 0.1) is 49.6 Å². The summed E-state index contributed by atoms with van der Waals surface area (Å²) in [5.41, 5.74) is -4.56. The number of hydrogen-bond acceptors (Lipinski definition) is 4. The first-order chi connectivity index (χ1) is 18.6. The van der Waals surface area contributed by atoms with E-state index in [0.717, 1.165) is 0 Å². The van der Waals surface area contributed by atoms with Gasteiger partial charge in [-0.3, -0.25) is 0 Å². The molecule has 1 heterocycles. The fourth-order valence-electron chi connectivity index (χ4n) is 3.92. The van der Waals surface area contributed by atoms with Crippen LogP contribution >= 0.6 is 0 Å². The molecule has 0 N–H and O–H groups in total. The summed E-state index contributed by atoms with van der Waals surface area (Å²) in [4.78, 5) is 0.